The molecule has 0 spiro atoms. The lowest BCUT2D eigenvalue weighted by atomic mass is 10.1. The number of hydrogen-bond acceptors (Lipinski definition) is 5. The van der Waals surface area contributed by atoms with Crippen LogP contribution in [0.3, 0.4) is 0 Å². The molecule has 0 aliphatic carbocycles. The van der Waals surface area contributed by atoms with Crippen molar-refractivity contribution in [3.63, 3.8) is 0 Å². The Hall–Kier alpha value is -3.08. The third kappa shape index (κ3) is 4.47. The van der Waals surface area contributed by atoms with Crippen LogP contribution in [0.2, 0.25) is 0 Å². The lowest BCUT2D eigenvalue weighted by Crippen LogP contribution is -2.02. The van der Waals surface area contributed by atoms with E-state index in [0.29, 0.717) is 5.82 Å². The summed E-state index contributed by atoms with van der Waals surface area (Å²) in [6, 6.07) is 16.0. The van der Waals surface area contributed by atoms with Gasteiger partial charge in [0.2, 0.25) is 0 Å². The van der Waals surface area contributed by atoms with Crippen LogP contribution >= 0.6 is 0 Å². The maximum atomic E-state index is 5.26. The van der Waals surface area contributed by atoms with Gasteiger partial charge in [0.05, 0.1) is 7.11 Å². The molecule has 2 N–H and O–H groups in total. The number of anilines is 4. The van der Waals surface area contributed by atoms with Gasteiger partial charge in [-0.3, -0.25) is 0 Å². The molecule has 0 saturated heterocycles. The Morgan fingerprint density at radius 3 is 2.04 bits per heavy atom. The van der Waals surface area contributed by atoms with Crippen molar-refractivity contribution in [3.05, 3.63) is 65.5 Å². The van der Waals surface area contributed by atoms with Gasteiger partial charge in [0, 0.05) is 23.5 Å². The van der Waals surface area contributed by atoms with Crippen molar-refractivity contribution >= 4 is 23.0 Å². The molecule has 0 aliphatic rings. The van der Waals surface area contributed by atoms with Crippen LogP contribution in [0.15, 0.2) is 48.5 Å². The first-order valence-electron chi connectivity index (χ1n) is 8.14. The van der Waals surface area contributed by atoms with Crippen molar-refractivity contribution in [3.8, 4) is 5.75 Å². The monoisotopic (exact) mass is 334 g/mol. The van der Waals surface area contributed by atoms with Crippen molar-refractivity contribution in [2.24, 2.45) is 0 Å². The van der Waals surface area contributed by atoms with E-state index < -0.39 is 0 Å². The van der Waals surface area contributed by atoms with E-state index in [1.54, 1.807) is 7.11 Å². The zero-order valence-electron chi connectivity index (χ0n) is 14.9. The molecule has 1 aromatic heterocycles. The molecule has 0 aliphatic heterocycles. The predicted molar refractivity (Wildman–Crippen MR) is 102 cm³/mol. The minimum atomic E-state index is 0.694. The third-order valence-corrected chi connectivity index (χ3v) is 3.67. The average molecular weight is 334 g/mol. The molecule has 0 atom stereocenters. The number of nitrogens with zero attached hydrogens (tertiary/aromatic N) is 2. The molecular formula is C20H22N4O. The average Bonchev–Trinajstić information content (AvgIpc) is 2.53. The highest BCUT2D eigenvalue weighted by molar-refractivity contribution is 5.64. The van der Waals surface area contributed by atoms with E-state index in [1.807, 2.05) is 37.3 Å². The fourth-order valence-corrected chi connectivity index (χ4v) is 2.74. The predicted octanol–water partition coefficient (Wildman–Crippen LogP) is 4.90. The van der Waals surface area contributed by atoms with E-state index in [0.717, 1.165) is 28.8 Å². The Labute approximate surface area is 148 Å². The van der Waals surface area contributed by atoms with Crippen LogP contribution in [0.25, 0.3) is 0 Å². The molecule has 3 aromatic rings. The summed E-state index contributed by atoms with van der Waals surface area (Å²) in [4.78, 5) is 8.94. The van der Waals surface area contributed by atoms with Crippen LogP contribution in [-0.2, 0) is 0 Å². The van der Waals surface area contributed by atoms with Crippen molar-refractivity contribution in [2.75, 3.05) is 17.7 Å². The summed E-state index contributed by atoms with van der Waals surface area (Å²) in [5, 5.41) is 6.66. The summed E-state index contributed by atoms with van der Waals surface area (Å²) in [6.07, 6.45) is 0. The topological polar surface area (TPSA) is 59.1 Å². The molecule has 1 heterocycles. The van der Waals surface area contributed by atoms with Crippen LogP contribution in [0.5, 0.6) is 5.75 Å². The van der Waals surface area contributed by atoms with Crippen LogP contribution in [0, 0.1) is 20.8 Å². The van der Waals surface area contributed by atoms with Crippen molar-refractivity contribution in [1.29, 1.82) is 0 Å². The summed E-state index contributed by atoms with van der Waals surface area (Å²) in [7, 11) is 1.65. The van der Waals surface area contributed by atoms with E-state index in [1.165, 1.54) is 11.1 Å². The number of hydrogen-bond donors (Lipinski definition) is 2. The molecule has 0 unspecified atom stereocenters. The Balaban J connectivity index is 1.84. The number of rotatable bonds is 5. The van der Waals surface area contributed by atoms with Gasteiger partial charge in [0.1, 0.15) is 23.2 Å². The molecule has 128 valence electrons. The van der Waals surface area contributed by atoms with E-state index in [4.69, 9.17) is 4.74 Å². The molecule has 0 fully saturated rings. The van der Waals surface area contributed by atoms with Gasteiger partial charge in [-0.1, -0.05) is 12.1 Å². The van der Waals surface area contributed by atoms with Gasteiger partial charge in [-0.25, -0.2) is 9.97 Å². The number of ether oxygens (including phenoxy) is 1. The minimum Gasteiger partial charge on any atom is -0.497 e. The molecule has 0 bridgehead atoms. The lowest BCUT2D eigenvalue weighted by Gasteiger charge is -2.12. The second kappa shape index (κ2) is 7.21. The molecule has 0 saturated carbocycles. The highest BCUT2D eigenvalue weighted by Crippen LogP contribution is 2.23. The van der Waals surface area contributed by atoms with Gasteiger partial charge in [0.25, 0.3) is 0 Å². The Kier molecular flexibility index (Phi) is 4.84. The molecule has 0 radical (unpaired) electrons. The van der Waals surface area contributed by atoms with Gasteiger partial charge in [-0.05, 0) is 56.2 Å². The molecule has 25 heavy (non-hydrogen) atoms. The van der Waals surface area contributed by atoms with E-state index in [2.05, 4.69) is 52.6 Å². The second-order valence-corrected chi connectivity index (χ2v) is 6.04. The number of benzene rings is 2. The Morgan fingerprint density at radius 1 is 0.760 bits per heavy atom. The van der Waals surface area contributed by atoms with Gasteiger partial charge in [0.15, 0.2) is 0 Å². The number of aromatic nitrogens is 2. The van der Waals surface area contributed by atoms with Crippen molar-refractivity contribution < 1.29 is 4.74 Å². The maximum absolute atomic E-state index is 5.26. The van der Waals surface area contributed by atoms with Crippen LogP contribution < -0.4 is 15.4 Å². The van der Waals surface area contributed by atoms with Gasteiger partial charge < -0.3 is 15.4 Å². The van der Waals surface area contributed by atoms with Crippen molar-refractivity contribution in [2.45, 2.75) is 20.8 Å². The molecular weight excluding hydrogens is 312 g/mol. The zero-order chi connectivity index (χ0) is 17.8. The fourth-order valence-electron chi connectivity index (χ4n) is 2.74. The first-order valence-corrected chi connectivity index (χ1v) is 8.14. The number of aryl methyl sites for hydroxylation is 3. The molecule has 0 amide bonds. The maximum Gasteiger partial charge on any atom is 0.136 e. The number of methoxy groups -OCH3 is 1. The van der Waals surface area contributed by atoms with Gasteiger partial charge >= 0.3 is 0 Å². The SMILES string of the molecule is COc1cccc(Nc2cc(Nc3cc(C)cc(C)c3)nc(C)n2)c1. The van der Waals surface area contributed by atoms with E-state index in [9.17, 15) is 0 Å². The quantitative estimate of drug-likeness (QED) is 0.695. The minimum absolute atomic E-state index is 0.694. The van der Waals surface area contributed by atoms with E-state index >= 15 is 0 Å². The first-order chi connectivity index (χ1) is 12.0. The normalized spacial score (nSPS) is 10.4. The summed E-state index contributed by atoms with van der Waals surface area (Å²) < 4.78 is 5.26. The standard InChI is InChI=1S/C20H22N4O/c1-13-8-14(2)10-17(9-13)24-20-12-19(21-15(3)22-20)23-16-6-5-7-18(11-16)25-4/h5-12H,1-4H3,(H2,21,22,23,24). The highest BCUT2D eigenvalue weighted by Gasteiger charge is 2.05. The largest absolute Gasteiger partial charge is 0.497 e. The molecule has 3 rings (SSSR count). The molecule has 5 heteroatoms. The zero-order valence-corrected chi connectivity index (χ0v) is 14.9. The van der Waals surface area contributed by atoms with Gasteiger partial charge in [-0.15, -0.1) is 0 Å². The third-order valence-electron chi connectivity index (χ3n) is 3.67. The summed E-state index contributed by atoms with van der Waals surface area (Å²) in [5.74, 6) is 2.97. The van der Waals surface area contributed by atoms with Gasteiger partial charge in [-0.2, -0.15) is 0 Å². The number of nitrogens with one attached hydrogen (secondary N) is 2. The molecule has 5 nitrogen and oxygen atoms in total. The van der Waals surface area contributed by atoms with Crippen molar-refractivity contribution in [1.82, 2.24) is 9.97 Å². The Morgan fingerprint density at radius 2 is 1.40 bits per heavy atom. The smallest absolute Gasteiger partial charge is 0.136 e. The summed E-state index contributed by atoms with van der Waals surface area (Å²) >= 11 is 0. The summed E-state index contributed by atoms with van der Waals surface area (Å²) in [6.45, 7) is 6.04. The fraction of sp³-hybridized carbons (Fsp3) is 0.200. The van der Waals surface area contributed by atoms with Crippen LogP contribution in [-0.4, -0.2) is 17.1 Å². The summed E-state index contributed by atoms with van der Waals surface area (Å²) in [5.41, 5.74) is 4.35. The second-order valence-electron chi connectivity index (χ2n) is 6.04. The Bertz CT molecular complexity index is 872. The lowest BCUT2D eigenvalue weighted by molar-refractivity contribution is 0.415. The van der Waals surface area contributed by atoms with Crippen LogP contribution in [0.4, 0.5) is 23.0 Å². The molecule has 2 aromatic carbocycles. The highest BCUT2D eigenvalue weighted by atomic mass is 16.5. The van der Waals surface area contributed by atoms with Crippen LogP contribution in [0.1, 0.15) is 17.0 Å². The van der Waals surface area contributed by atoms with E-state index in [-0.39, 0.29) is 0 Å². The first kappa shape index (κ1) is 16.8.